The van der Waals surface area contributed by atoms with Crippen molar-refractivity contribution >= 4 is 29.1 Å². The molecule has 0 saturated carbocycles. The fourth-order valence-electron chi connectivity index (χ4n) is 3.18. The van der Waals surface area contributed by atoms with Crippen molar-refractivity contribution in [3.8, 4) is 5.82 Å². The molecular formula is C18H15Cl2N5O. The molecule has 1 atom stereocenters. The van der Waals surface area contributed by atoms with E-state index in [0.29, 0.717) is 28.1 Å². The molecule has 0 bridgehead atoms. The number of nitrogens with zero attached hydrogens (tertiary/aromatic N) is 5. The fourth-order valence-corrected chi connectivity index (χ4v) is 3.54. The molecule has 3 aromatic rings. The molecule has 0 saturated heterocycles. The number of halogens is 2. The highest BCUT2D eigenvalue weighted by Crippen LogP contribution is 2.34. The largest absolute Gasteiger partial charge is 0.327 e. The number of carbonyl (C=O) groups excluding carboxylic acids is 1. The second kappa shape index (κ2) is 6.37. The van der Waals surface area contributed by atoms with Crippen LogP contribution in [0.4, 0.5) is 0 Å². The summed E-state index contributed by atoms with van der Waals surface area (Å²) in [5.41, 5.74) is 3.27. The van der Waals surface area contributed by atoms with Crippen LogP contribution >= 0.6 is 23.2 Å². The van der Waals surface area contributed by atoms with Crippen LogP contribution in [0, 0.1) is 6.92 Å². The number of hydrogen-bond acceptors (Lipinski definition) is 4. The number of aromatic nitrogens is 4. The van der Waals surface area contributed by atoms with Gasteiger partial charge in [-0.25, -0.2) is 14.6 Å². The smallest absolute Gasteiger partial charge is 0.255 e. The maximum atomic E-state index is 12.7. The first kappa shape index (κ1) is 17.0. The lowest BCUT2D eigenvalue weighted by atomic mass is 10.1. The maximum absolute atomic E-state index is 12.7. The molecule has 1 aliphatic rings. The summed E-state index contributed by atoms with van der Waals surface area (Å²) in [7, 11) is 0. The average molecular weight is 388 g/mol. The van der Waals surface area contributed by atoms with E-state index in [1.54, 1.807) is 40.4 Å². The predicted octanol–water partition coefficient (Wildman–Crippen LogP) is 3.99. The quantitative estimate of drug-likeness (QED) is 0.637. The third-order valence-electron chi connectivity index (χ3n) is 4.61. The average Bonchev–Trinajstić information content (AvgIpc) is 3.19. The summed E-state index contributed by atoms with van der Waals surface area (Å²) < 4.78 is 1.63. The number of aryl methyl sites for hydroxylation is 1. The Kier molecular flexibility index (Phi) is 4.17. The van der Waals surface area contributed by atoms with Crippen LogP contribution in [0.1, 0.15) is 40.0 Å². The molecule has 4 heterocycles. The summed E-state index contributed by atoms with van der Waals surface area (Å²) in [6, 6.07) is 3.58. The lowest BCUT2D eigenvalue weighted by Gasteiger charge is -2.25. The highest BCUT2D eigenvalue weighted by molar-refractivity contribution is 6.31. The normalized spacial score (nSPS) is 14.6. The number of hydrogen-bond donors (Lipinski definition) is 0. The zero-order valence-corrected chi connectivity index (χ0v) is 15.7. The lowest BCUT2D eigenvalue weighted by Crippen LogP contribution is -2.27. The molecule has 8 heteroatoms. The number of carbonyl (C=O) groups is 1. The lowest BCUT2D eigenvalue weighted by molar-refractivity contribution is 0.0715. The third-order valence-corrected chi connectivity index (χ3v) is 5.13. The van der Waals surface area contributed by atoms with Gasteiger partial charge in [0, 0.05) is 23.5 Å². The van der Waals surface area contributed by atoms with Gasteiger partial charge in [-0.3, -0.25) is 4.79 Å². The molecule has 1 unspecified atom stereocenters. The van der Waals surface area contributed by atoms with Gasteiger partial charge in [0.15, 0.2) is 5.82 Å². The summed E-state index contributed by atoms with van der Waals surface area (Å²) in [5.74, 6) is 0.661. The molecule has 0 spiro atoms. The van der Waals surface area contributed by atoms with Gasteiger partial charge in [-0.15, -0.1) is 0 Å². The number of rotatable bonds is 3. The second-order valence-corrected chi connectivity index (χ2v) is 7.04. The molecule has 0 fully saturated rings. The van der Waals surface area contributed by atoms with Crippen molar-refractivity contribution in [3.63, 3.8) is 0 Å². The van der Waals surface area contributed by atoms with E-state index in [-0.39, 0.29) is 11.9 Å². The van der Waals surface area contributed by atoms with Gasteiger partial charge in [0.05, 0.1) is 30.0 Å². The van der Waals surface area contributed by atoms with Crippen molar-refractivity contribution in [2.75, 3.05) is 0 Å². The van der Waals surface area contributed by atoms with Gasteiger partial charge in [0.25, 0.3) is 5.91 Å². The molecule has 1 amide bonds. The molecule has 1 aliphatic heterocycles. The Morgan fingerprint density at radius 1 is 1.23 bits per heavy atom. The van der Waals surface area contributed by atoms with Crippen LogP contribution < -0.4 is 0 Å². The van der Waals surface area contributed by atoms with Crippen molar-refractivity contribution in [1.82, 2.24) is 24.6 Å². The van der Waals surface area contributed by atoms with E-state index in [1.807, 2.05) is 19.9 Å². The molecule has 132 valence electrons. The molecule has 0 radical (unpaired) electrons. The Hall–Kier alpha value is -2.44. The Bertz CT molecular complexity index is 1020. The summed E-state index contributed by atoms with van der Waals surface area (Å²) in [6.45, 7) is 4.37. The van der Waals surface area contributed by atoms with Gasteiger partial charge in [-0.05, 0) is 37.1 Å². The number of pyridine rings is 2. The number of fused-ring (bicyclic) bond motifs is 1. The number of amides is 1. The Morgan fingerprint density at radius 3 is 2.69 bits per heavy atom. The fraction of sp³-hybridized carbons (Fsp3) is 0.222. The molecule has 26 heavy (non-hydrogen) atoms. The van der Waals surface area contributed by atoms with E-state index in [9.17, 15) is 4.79 Å². The predicted molar refractivity (Wildman–Crippen MR) is 98.6 cm³/mol. The summed E-state index contributed by atoms with van der Waals surface area (Å²) >= 11 is 12.1. The Morgan fingerprint density at radius 2 is 2.04 bits per heavy atom. The molecule has 0 aliphatic carbocycles. The molecule has 6 nitrogen and oxygen atoms in total. The van der Waals surface area contributed by atoms with Crippen LogP contribution in [0.25, 0.3) is 5.82 Å². The minimum Gasteiger partial charge on any atom is -0.327 e. The van der Waals surface area contributed by atoms with Gasteiger partial charge < -0.3 is 4.90 Å². The molecule has 0 N–H and O–H groups in total. The third kappa shape index (κ3) is 2.75. The van der Waals surface area contributed by atoms with E-state index in [2.05, 4.69) is 15.1 Å². The van der Waals surface area contributed by atoms with Crippen LogP contribution in [0.2, 0.25) is 10.2 Å². The molecule has 3 aromatic heterocycles. The minimum atomic E-state index is -0.146. The SMILES string of the molecule is Cc1cc(C(C)N2Cc3c(ccnc3Cl)C2=O)cnc1-n1cc(Cl)cn1. The van der Waals surface area contributed by atoms with E-state index in [1.165, 1.54) is 0 Å². The minimum absolute atomic E-state index is 0.0441. The van der Waals surface area contributed by atoms with Crippen LogP contribution in [-0.2, 0) is 6.54 Å². The van der Waals surface area contributed by atoms with Gasteiger partial charge in [0.1, 0.15) is 5.15 Å². The summed E-state index contributed by atoms with van der Waals surface area (Å²) in [6.07, 6.45) is 6.59. The van der Waals surface area contributed by atoms with Crippen molar-refractivity contribution in [3.05, 3.63) is 69.3 Å². The van der Waals surface area contributed by atoms with Crippen molar-refractivity contribution in [1.29, 1.82) is 0 Å². The summed E-state index contributed by atoms with van der Waals surface area (Å²) in [4.78, 5) is 23.1. The Labute approximate surface area is 160 Å². The van der Waals surface area contributed by atoms with Gasteiger partial charge >= 0.3 is 0 Å². The zero-order chi connectivity index (χ0) is 18.4. The van der Waals surface area contributed by atoms with E-state index >= 15 is 0 Å². The highest BCUT2D eigenvalue weighted by atomic mass is 35.5. The van der Waals surface area contributed by atoms with Crippen LogP contribution in [0.15, 0.2) is 36.9 Å². The summed E-state index contributed by atoms with van der Waals surface area (Å²) in [5, 5.41) is 5.11. The highest BCUT2D eigenvalue weighted by Gasteiger charge is 2.33. The van der Waals surface area contributed by atoms with E-state index < -0.39 is 0 Å². The molecule has 4 rings (SSSR count). The molecule has 0 aromatic carbocycles. The van der Waals surface area contributed by atoms with Crippen LogP contribution in [0.3, 0.4) is 0 Å². The van der Waals surface area contributed by atoms with Crippen LogP contribution in [-0.4, -0.2) is 30.6 Å². The maximum Gasteiger partial charge on any atom is 0.255 e. The van der Waals surface area contributed by atoms with Crippen molar-refractivity contribution < 1.29 is 4.79 Å². The zero-order valence-electron chi connectivity index (χ0n) is 14.1. The monoisotopic (exact) mass is 387 g/mol. The standard InChI is InChI=1S/C18H15Cl2N5O/c1-10-5-12(6-22-17(10)25-8-13(19)7-23-25)11(2)24-9-15-14(18(24)26)3-4-21-16(15)20/h3-8,11H,9H2,1-2H3. The van der Waals surface area contributed by atoms with E-state index in [0.717, 1.165) is 16.7 Å². The van der Waals surface area contributed by atoms with Gasteiger partial charge in [-0.2, -0.15) is 5.10 Å². The first-order valence-electron chi connectivity index (χ1n) is 8.07. The van der Waals surface area contributed by atoms with E-state index in [4.69, 9.17) is 23.2 Å². The first-order valence-corrected chi connectivity index (χ1v) is 8.82. The topological polar surface area (TPSA) is 63.9 Å². The second-order valence-electron chi connectivity index (χ2n) is 6.25. The van der Waals surface area contributed by atoms with Crippen molar-refractivity contribution in [2.45, 2.75) is 26.4 Å². The molecular weight excluding hydrogens is 373 g/mol. The van der Waals surface area contributed by atoms with Crippen molar-refractivity contribution in [2.24, 2.45) is 0 Å². The Balaban J connectivity index is 1.63. The van der Waals surface area contributed by atoms with Gasteiger partial charge in [-0.1, -0.05) is 23.2 Å². The first-order chi connectivity index (χ1) is 12.5. The van der Waals surface area contributed by atoms with Gasteiger partial charge in [0.2, 0.25) is 0 Å². The van der Waals surface area contributed by atoms with Crippen LogP contribution in [0.5, 0.6) is 0 Å².